The van der Waals surface area contributed by atoms with E-state index in [1.165, 1.54) is 0 Å². The van der Waals surface area contributed by atoms with Gasteiger partial charge in [-0.3, -0.25) is 0 Å². The molecule has 0 fully saturated rings. The van der Waals surface area contributed by atoms with Gasteiger partial charge in [-0.15, -0.1) is 0 Å². The van der Waals surface area contributed by atoms with E-state index in [1.54, 1.807) is 18.2 Å². The van der Waals surface area contributed by atoms with Crippen molar-refractivity contribution in [3.8, 4) is 5.75 Å². The number of hydrogen-bond donors (Lipinski definition) is 2. The zero-order valence-electron chi connectivity index (χ0n) is 6.90. The molecule has 0 heterocycles. The topological polar surface area (TPSA) is 49.7 Å². The standard InChI is InChI=1S/C9H10ClO3/c10-7-1-3-9(4-2-7)13-6-8(12)5-11/h1-3,8,11-12H,5-6H2. The fourth-order valence-corrected chi connectivity index (χ4v) is 0.838. The van der Waals surface area contributed by atoms with Crippen molar-refractivity contribution in [2.24, 2.45) is 0 Å². The molecule has 1 atom stereocenters. The maximum atomic E-state index is 8.96. The number of ether oxygens (including phenoxy) is 1. The molecule has 1 unspecified atom stereocenters. The highest BCUT2D eigenvalue weighted by atomic mass is 35.5. The average molecular weight is 202 g/mol. The van der Waals surface area contributed by atoms with Crippen molar-refractivity contribution < 1.29 is 14.9 Å². The Hall–Kier alpha value is -0.770. The predicted molar refractivity (Wildman–Crippen MR) is 48.9 cm³/mol. The van der Waals surface area contributed by atoms with Gasteiger partial charge in [-0.25, -0.2) is 0 Å². The van der Waals surface area contributed by atoms with Gasteiger partial charge in [0.15, 0.2) is 0 Å². The Labute approximate surface area is 81.5 Å². The van der Waals surface area contributed by atoms with Gasteiger partial charge in [0.25, 0.3) is 0 Å². The average Bonchev–Trinajstić information content (AvgIpc) is 2.16. The molecule has 0 aliphatic rings. The third kappa shape index (κ3) is 3.63. The maximum absolute atomic E-state index is 8.96. The first-order valence-electron chi connectivity index (χ1n) is 3.81. The maximum Gasteiger partial charge on any atom is 0.127 e. The van der Waals surface area contributed by atoms with Crippen LogP contribution in [-0.2, 0) is 0 Å². The number of rotatable bonds is 4. The summed E-state index contributed by atoms with van der Waals surface area (Å²) in [6.07, 6.45) is -0.857. The lowest BCUT2D eigenvalue weighted by Gasteiger charge is -2.08. The molecule has 1 aromatic rings. The van der Waals surface area contributed by atoms with Crippen LogP contribution in [0.3, 0.4) is 0 Å². The molecule has 0 aromatic heterocycles. The van der Waals surface area contributed by atoms with Crippen LogP contribution in [-0.4, -0.2) is 29.5 Å². The monoisotopic (exact) mass is 201 g/mol. The molecule has 0 aliphatic heterocycles. The summed E-state index contributed by atoms with van der Waals surface area (Å²) in [6, 6.07) is 7.65. The van der Waals surface area contributed by atoms with Crippen LogP contribution in [0.1, 0.15) is 0 Å². The Kier molecular flexibility index (Phi) is 4.02. The molecule has 3 nitrogen and oxygen atoms in total. The van der Waals surface area contributed by atoms with Crippen molar-refractivity contribution in [2.75, 3.05) is 13.2 Å². The van der Waals surface area contributed by atoms with E-state index in [9.17, 15) is 0 Å². The minimum absolute atomic E-state index is 0.0502. The molecule has 1 rings (SSSR count). The number of aliphatic hydroxyl groups excluding tert-OH is 2. The van der Waals surface area contributed by atoms with Crippen LogP contribution in [0.15, 0.2) is 18.2 Å². The van der Waals surface area contributed by atoms with Crippen molar-refractivity contribution in [3.05, 3.63) is 29.3 Å². The Morgan fingerprint density at radius 1 is 1.54 bits per heavy atom. The quantitative estimate of drug-likeness (QED) is 0.760. The SMILES string of the molecule is OCC(O)COc1[c]cc(Cl)cc1. The van der Waals surface area contributed by atoms with E-state index < -0.39 is 6.10 Å². The molecule has 2 N–H and O–H groups in total. The zero-order valence-corrected chi connectivity index (χ0v) is 7.66. The van der Waals surface area contributed by atoms with Gasteiger partial charge in [0.05, 0.1) is 6.61 Å². The second-order valence-electron chi connectivity index (χ2n) is 2.52. The van der Waals surface area contributed by atoms with E-state index in [0.717, 1.165) is 0 Å². The molecule has 0 saturated carbocycles. The predicted octanol–water partition coefficient (Wildman–Crippen LogP) is 0.872. The van der Waals surface area contributed by atoms with Crippen LogP contribution in [0.5, 0.6) is 5.75 Å². The molecule has 1 aromatic carbocycles. The lowest BCUT2D eigenvalue weighted by atomic mass is 10.3. The van der Waals surface area contributed by atoms with Crippen LogP contribution in [0.25, 0.3) is 0 Å². The normalized spacial score (nSPS) is 12.5. The molecule has 0 saturated heterocycles. The van der Waals surface area contributed by atoms with Gasteiger partial charge in [0.1, 0.15) is 18.5 Å². The highest BCUT2D eigenvalue weighted by Gasteiger charge is 2.02. The summed E-state index contributed by atoms with van der Waals surface area (Å²) in [7, 11) is 0. The summed E-state index contributed by atoms with van der Waals surface area (Å²) in [6.45, 7) is -0.262. The summed E-state index contributed by atoms with van der Waals surface area (Å²) in [5.41, 5.74) is 0. The molecule has 4 heteroatoms. The lowest BCUT2D eigenvalue weighted by molar-refractivity contribution is 0.0535. The molecule has 0 spiro atoms. The first-order valence-corrected chi connectivity index (χ1v) is 4.19. The first kappa shape index (κ1) is 10.3. The highest BCUT2D eigenvalue weighted by molar-refractivity contribution is 6.30. The van der Waals surface area contributed by atoms with E-state index in [0.29, 0.717) is 10.8 Å². The smallest absolute Gasteiger partial charge is 0.127 e. The van der Waals surface area contributed by atoms with E-state index in [2.05, 4.69) is 6.07 Å². The summed E-state index contributed by atoms with van der Waals surface area (Å²) in [5, 5.41) is 18.0. The largest absolute Gasteiger partial charge is 0.490 e. The van der Waals surface area contributed by atoms with Crippen molar-refractivity contribution in [3.63, 3.8) is 0 Å². The fraction of sp³-hybridized carbons (Fsp3) is 0.333. The van der Waals surface area contributed by atoms with E-state index in [1.807, 2.05) is 0 Å². The first-order chi connectivity index (χ1) is 6.22. The summed E-state index contributed by atoms with van der Waals surface area (Å²) < 4.78 is 5.09. The zero-order chi connectivity index (χ0) is 9.68. The Bertz CT molecular complexity index is 248. The molecule has 13 heavy (non-hydrogen) atoms. The number of hydrogen-bond acceptors (Lipinski definition) is 3. The molecular weight excluding hydrogens is 192 g/mol. The molecule has 1 radical (unpaired) electrons. The van der Waals surface area contributed by atoms with Gasteiger partial charge in [-0.2, -0.15) is 0 Å². The van der Waals surface area contributed by atoms with Crippen molar-refractivity contribution >= 4 is 11.6 Å². The third-order valence-electron chi connectivity index (χ3n) is 1.39. The van der Waals surface area contributed by atoms with Gasteiger partial charge in [0.2, 0.25) is 0 Å². The minimum atomic E-state index is -0.857. The molecule has 0 amide bonds. The van der Waals surface area contributed by atoms with Crippen LogP contribution in [0.2, 0.25) is 5.02 Å². The fourth-order valence-electron chi connectivity index (χ4n) is 0.720. The van der Waals surface area contributed by atoms with Crippen molar-refractivity contribution in [1.29, 1.82) is 0 Å². The van der Waals surface area contributed by atoms with Crippen LogP contribution >= 0.6 is 11.6 Å². The van der Waals surface area contributed by atoms with Crippen LogP contribution in [0, 0.1) is 6.07 Å². The van der Waals surface area contributed by atoms with Crippen LogP contribution < -0.4 is 4.74 Å². The van der Waals surface area contributed by atoms with Gasteiger partial charge < -0.3 is 14.9 Å². The Balaban J connectivity index is 2.41. The van der Waals surface area contributed by atoms with Crippen molar-refractivity contribution in [1.82, 2.24) is 0 Å². The van der Waals surface area contributed by atoms with Gasteiger partial charge >= 0.3 is 0 Å². The molecule has 0 bridgehead atoms. The third-order valence-corrected chi connectivity index (χ3v) is 1.62. The van der Waals surface area contributed by atoms with E-state index in [-0.39, 0.29) is 13.2 Å². The summed E-state index contributed by atoms with van der Waals surface area (Å²) in [5.74, 6) is 0.497. The van der Waals surface area contributed by atoms with E-state index >= 15 is 0 Å². The molecular formula is C9H10ClO3. The number of aliphatic hydroxyl groups is 2. The number of benzene rings is 1. The second-order valence-corrected chi connectivity index (χ2v) is 2.95. The Morgan fingerprint density at radius 3 is 2.85 bits per heavy atom. The summed E-state index contributed by atoms with van der Waals surface area (Å²) in [4.78, 5) is 0. The minimum Gasteiger partial charge on any atom is -0.490 e. The lowest BCUT2D eigenvalue weighted by Crippen LogP contribution is -2.21. The van der Waals surface area contributed by atoms with Gasteiger partial charge in [0, 0.05) is 11.1 Å². The number of halogens is 1. The summed E-state index contributed by atoms with van der Waals surface area (Å²) >= 11 is 5.63. The molecule has 71 valence electrons. The van der Waals surface area contributed by atoms with Crippen LogP contribution in [0.4, 0.5) is 0 Å². The van der Waals surface area contributed by atoms with Gasteiger partial charge in [-0.05, 0) is 18.2 Å². The van der Waals surface area contributed by atoms with Crippen molar-refractivity contribution in [2.45, 2.75) is 6.10 Å². The van der Waals surface area contributed by atoms with E-state index in [4.69, 9.17) is 26.6 Å². The Morgan fingerprint density at radius 2 is 2.31 bits per heavy atom. The molecule has 0 aliphatic carbocycles. The second kappa shape index (κ2) is 5.07. The highest BCUT2D eigenvalue weighted by Crippen LogP contribution is 2.14. The van der Waals surface area contributed by atoms with Gasteiger partial charge in [-0.1, -0.05) is 11.6 Å².